The first kappa shape index (κ1) is 27.1. The second-order valence-corrected chi connectivity index (χ2v) is 10.2. The van der Waals surface area contributed by atoms with Gasteiger partial charge in [0, 0.05) is 19.2 Å². The Labute approximate surface area is 212 Å². The quantitative estimate of drug-likeness (QED) is 0.484. The van der Waals surface area contributed by atoms with Crippen molar-refractivity contribution >= 4 is 27.5 Å². The Balaban J connectivity index is 1.94. The number of hydrogen-bond donors (Lipinski definition) is 1. The molecule has 0 saturated heterocycles. The van der Waals surface area contributed by atoms with Crippen LogP contribution in [-0.4, -0.2) is 70.8 Å². The summed E-state index contributed by atoms with van der Waals surface area (Å²) < 4.78 is 42.8. The van der Waals surface area contributed by atoms with Gasteiger partial charge in [-0.15, -0.1) is 0 Å². The molecule has 196 valence electrons. The standard InChI is InChI=1S/C25H33N3O7S/c1-5-21(25(30)26-6-2)27(16-18-7-10-20(33-3)11-8-18)24(29)17-28(36(4,31)32)19-9-12-22-23(15-19)35-14-13-34-22/h7-12,15,21H,5-6,13-14,16-17H2,1-4H3,(H,26,30)/t21-/m0/s1. The third kappa shape index (κ3) is 6.60. The fraction of sp³-hybridized carbons (Fsp3) is 0.440. The number of carbonyl (C=O) groups excluding carboxylic acids is 2. The Morgan fingerprint density at radius 2 is 1.72 bits per heavy atom. The number of likely N-dealkylation sites (N-methyl/N-ethyl adjacent to an activating group) is 1. The van der Waals surface area contributed by atoms with Gasteiger partial charge in [-0.25, -0.2) is 8.42 Å². The molecule has 2 amide bonds. The number of nitrogens with one attached hydrogen (secondary N) is 1. The maximum atomic E-state index is 13.7. The van der Waals surface area contributed by atoms with Gasteiger partial charge < -0.3 is 24.4 Å². The number of methoxy groups -OCH3 is 1. The zero-order valence-corrected chi connectivity index (χ0v) is 21.8. The lowest BCUT2D eigenvalue weighted by molar-refractivity contribution is -0.140. The van der Waals surface area contributed by atoms with E-state index >= 15 is 0 Å². The molecule has 2 aromatic rings. The highest BCUT2D eigenvalue weighted by atomic mass is 32.2. The minimum Gasteiger partial charge on any atom is -0.497 e. The van der Waals surface area contributed by atoms with Gasteiger partial charge in [-0.05, 0) is 43.2 Å². The van der Waals surface area contributed by atoms with Crippen LogP contribution in [0.5, 0.6) is 17.2 Å². The van der Waals surface area contributed by atoms with E-state index in [1.807, 2.05) is 6.92 Å². The van der Waals surface area contributed by atoms with E-state index in [4.69, 9.17) is 14.2 Å². The van der Waals surface area contributed by atoms with E-state index in [9.17, 15) is 18.0 Å². The highest BCUT2D eigenvalue weighted by Gasteiger charge is 2.32. The zero-order chi connectivity index (χ0) is 26.3. The van der Waals surface area contributed by atoms with Crippen molar-refractivity contribution in [2.45, 2.75) is 32.9 Å². The smallest absolute Gasteiger partial charge is 0.244 e. The minimum atomic E-state index is -3.85. The molecule has 36 heavy (non-hydrogen) atoms. The number of hydrogen-bond acceptors (Lipinski definition) is 7. The molecule has 1 aliphatic rings. The molecule has 0 bridgehead atoms. The summed E-state index contributed by atoms with van der Waals surface area (Å²) in [6.45, 7) is 4.40. The second kappa shape index (κ2) is 12.0. The van der Waals surface area contributed by atoms with Crippen LogP contribution in [0.4, 0.5) is 5.69 Å². The Kier molecular flexibility index (Phi) is 9.03. The molecule has 0 aliphatic carbocycles. The summed E-state index contributed by atoms with van der Waals surface area (Å²) in [5, 5.41) is 2.77. The zero-order valence-electron chi connectivity index (χ0n) is 21.0. The van der Waals surface area contributed by atoms with Crippen LogP contribution in [0.25, 0.3) is 0 Å². The third-order valence-electron chi connectivity index (χ3n) is 5.74. The predicted molar refractivity (Wildman–Crippen MR) is 136 cm³/mol. The number of anilines is 1. The highest BCUT2D eigenvalue weighted by molar-refractivity contribution is 7.92. The maximum absolute atomic E-state index is 13.7. The Bertz CT molecular complexity index is 1170. The topological polar surface area (TPSA) is 114 Å². The van der Waals surface area contributed by atoms with Crippen LogP contribution in [-0.2, 0) is 26.2 Å². The summed E-state index contributed by atoms with van der Waals surface area (Å²) in [4.78, 5) is 27.9. The van der Waals surface area contributed by atoms with E-state index in [1.54, 1.807) is 50.4 Å². The lowest BCUT2D eigenvalue weighted by atomic mass is 10.1. The summed E-state index contributed by atoms with van der Waals surface area (Å²) in [7, 11) is -2.29. The summed E-state index contributed by atoms with van der Waals surface area (Å²) >= 11 is 0. The molecule has 0 radical (unpaired) electrons. The van der Waals surface area contributed by atoms with E-state index < -0.39 is 28.5 Å². The molecule has 1 heterocycles. The third-order valence-corrected chi connectivity index (χ3v) is 6.88. The Hall–Kier alpha value is -3.47. The van der Waals surface area contributed by atoms with Crippen LogP contribution in [0.15, 0.2) is 42.5 Å². The average molecular weight is 520 g/mol. The van der Waals surface area contributed by atoms with Gasteiger partial charge in [0.05, 0.1) is 19.1 Å². The molecule has 1 N–H and O–H groups in total. The number of amides is 2. The number of nitrogens with zero attached hydrogens (tertiary/aromatic N) is 2. The largest absolute Gasteiger partial charge is 0.497 e. The summed E-state index contributed by atoms with van der Waals surface area (Å²) in [6.07, 6.45) is 1.39. The van der Waals surface area contributed by atoms with E-state index in [0.717, 1.165) is 16.1 Å². The molecule has 0 spiro atoms. The van der Waals surface area contributed by atoms with E-state index in [0.29, 0.717) is 43.4 Å². The summed E-state index contributed by atoms with van der Waals surface area (Å²) in [5.74, 6) is 0.766. The van der Waals surface area contributed by atoms with Gasteiger partial charge in [0.15, 0.2) is 11.5 Å². The van der Waals surface area contributed by atoms with Crippen molar-refractivity contribution in [2.24, 2.45) is 0 Å². The van der Waals surface area contributed by atoms with Crippen molar-refractivity contribution in [1.82, 2.24) is 10.2 Å². The van der Waals surface area contributed by atoms with Crippen molar-refractivity contribution in [2.75, 3.05) is 44.0 Å². The van der Waals surface area contributed by atoms with Gasteiger partial charge in [0.25, 0.3) is 0 Å². The molecule has 2 aromatic carbocycles. The molecule has 0 fully saturated rings. The minimum absolute atomic E-state index is 0.122. The highest BCUT2D eigenvalue weighted by Crippen LogP contribution is 2.34. The molecule has 11 heteroatoms. The number of sulfonamides is 1. The predicted octanol–water partition coefficient (Wildman–Crippen LogP) is 2.18. The van der Waals surface area contributed by atoms with Crippen molar-refractivity contribution in [3.05, 3.63) is 48.0 Å². The van der Waals surface area contributed by atoms with Crippen molar-refractivity contribution in [3.63, 3.8) is 0 Å². The molecule has 0 aromatic heterocycles. The molecule has 10 nitrogen and oxygen atoms in total. The number of rotatable bonds is 11. The lowest BCUT2D eigenvalue weighted by Gasteiger charge is -2.33. The van der Waals surface area contributed by atoms with Gasteiger partial charge >= 0.3 is 0 Å². The number of carbonyl (C=O) groups is 2. The maximum Gasteiger partial charge on any atom is 0.244 e. The van der Waals surface area contributed by atoms with Crippen LogP contribution in [0.3, 0.4) is 0 Å². The molecule has 0 unspecified atom stereocenters. The fourth-order valence-electron chi connectivity index (χ4n) is 3.94. The van der Waals surface area contributed by atoms with E-state index in [1.165, 1.54) is 11.0 Å². The van der Waals surface area contributed by atoms with Gasteiger partial charge in [0.2, 0.25) is 21.8 Å². The van der Waals surface area contributed by atoms with Gasteiger partial charge in [-0.3, -0.25) is 13.9 Å². The van der Waals surface area contributed by atoms with Crippen LogP contribution >= 0.6 is 0 Å². The lowest BCUT2D eigenvalue weighted by Crippen LogP contribution is -2.52. The first-order valence-corrected chi connectivity index (χ1v) is 13.6. The normalized spacial score (nSPS) is 13.4. The van der Waals surface area contributed by atoms with Gasteiger partial charge in [-0.1, -0.05) is 19.1 Å². The van der Waals surface area contributed by atoms with E-state index in [-0.39, 0.29) is 18.1 Å². The molecular formula is C25H33N3O7S. The van der Waals surface area contributed by atoms with Crippen LogP contribution in [0.2, 0.25) is 0 Å². The van der Waals surface area contributed by atoms with Gasteiger partial charge in [0.1, 0.15) is 31.5 Å². The summed E-state index contributed by atoms with van der Waals surface area (Å²) in [6, 6.07) is 11.1. The number of fused-ring (bicyclic) bond motifs is 1. The second-order valence-electron chi connectivity index (χ2n) is 8.29. The van der Waals surface area contributed by atoms with Crippen LogP contribution < -0.4 is 23.8 Å². The SMILES string of the molecule is CCNC(=O)[C@H](CC)N(Cc1ccc(OC)cc1)C(=O)CN(c1ccc2c(c1)OCCO2)S(C)(=O)=O. The Morgan fingerprint density at radius 1 is 1.06 bits per heavy atom. The number of ether oxygens (including phenoxy) is 3. The van der Waals surface area contributed by atoms with Crippen LogP contribution in [0.1, 0.15) is 25.8 Å². The fourth-order valence-corrected chi connectivity index (χ4v) is 4.78. The molecule has 3 rings (SSSR count). The van der Waals surface area contributed by atoms with Crippen molar-refractivity contribution in [1.29, 1.82) is 0 Å². The summed E-state index contributed by atoms with van der Waals surface area (Å²) in [5.41, 5.74) is 1.04. The monoisotopic (exact) mass is 519 g/mol. The van der Waals surface area contributed by atoms with Crippen LogP contribution in [0, 0.1) is 0 Å². The average Bonchev–Trinajstić information content (AvgIpc) is 2.86. The first-order chi connectivity index (χ1) is 17.2. The molecule has 1 atom stereocenters. The first-order valence-electron chi connectivity index (χ1n) is 11.7. The Morgan fingerprint density at radius 3 is 2.31 bits per heavy atom. The molecular weight excluding hydrogens is 486 g/mol. The van der Waals surface area contributed by atoms with Crippen molar-refractivity contribution in [3.8, 4) is 17.2 Å². The van der Waals surface area contributed by atoms with Crippen molar-refractivity contribution < 1.29 is 32.2 Å². The number of benzene rings is 2. The van der Waals surface area contributed by atoms with E-state index in [2.05, 4.69) is 5.32 Å². The molecule has 0 saturated carbocycles. The van der Waals surface area contributed by atoms with Gasteiger partial charge in [-0.2, -0.15) is 0 Å². The molecule has 1 aliphatic heterocycles.